The highest BCUT2D eigenvalue weighted by Gasteiger charge is 2.25. The molecule has 1 amide bonds. The number of rotatable bonds is 4. The third-order valence-corrected chi connectivity index (χ3v) is 3.51. The van der Waals surface area contributed by atoms with E-state index in [1.54, 1.807) is 38.1 Å². The molecular weight excluding hydrogens is 292 g/mol. The van der Waals surface area contributed by atoms with Crippen molar-refractivity contribution in [3.63, 3.8) is 0 Å². The second-order valence-corrected chi connectivity index (χ2v) is 5.40. The molecule has 0 radical (unpaired) electrons. The van der Waals surface area contributed by atoms with Crippen LogP contribution in [0.3, 0.4) is 0 Å². The Kier molecular flexibility index (Phi) is 4.43. The number of carboxylic acids is 1. The molecule has 2 N–H and O–H groups in total. The molecular formula is C15H15ClN2O3. The normalized spacial score (nSPS) is 12.4. The predicted molar refractivity (Wildman–Crippen MR) is 80.5 cm³/mol. The first-order valence-corrected chi connectivity index (χ1v) is 6.86. The monoisotopic (exact) mass is 306 g/mol. The van der Waals surface area contributed by atoms with Gasteiger partial charge in [-0.15, -0.1) is 0 Å². The molecule has 0 aliphatic carbocycles. The van der Waals surface area contributed by atoms with E-state index in [0.29, 0.717) is 21.5 Å². The lowest BCUT2D eigenvalue weighted by Crippen LogP contribution is -2.44. The molecule has 0 saturated carbocycles. The van der Waals surface area contributed by atoms with Crippen molar-refractivity contribution in [3.05, 3.63) is 41.2 Å². The van der Waals surface area contributed by atoms with Gasteiger partial charge < -0.3 is 10.4 Å². The SMILES string of the molecule is CC(C)[C@H](NC(=O)c1cnc(Cl)c2ccccc12)C(=O)O. The van der Waals surface area contributed by atoms with Crippen LogP contribution in [0, 0.1) is 5.92 Å². The number of nitrogens with zero attached hydrogens (tertiary/aromatic N) is 1. The fraction of sp³-hybridized carbons (Fsp3) is 0.267. The second kappa shape index (κ2) is 6.10. The van der Waals surface area contributed by atoms with E-state index in [1.807, 2.05) is 0 Å². The Labute approximate surface area is 126 Å². The minimum absolute atomic E-state index is 0.224. The van der Waals surface area contributed by atoms with Gasteiger partial charge in [-0.25, -0.2) is 9.78 Å². The zero-order valence-corrected chi connectivity index (χ0v) is 12.4. The maximum absolute atomic E-state index is 12.3. The van der Waals surface area contributed by atoms with Gasteiger partial charge in [0.05, 0.1) is 5.56 Å². The van der Waals surface area contributed by atoms with Crippen molar-refractivity contribution >= 4 is 34.2 Å². The summed E-state index contributed by atoms with van der Waals surface area (Å²) in [6.45, 7) is 3.47. The van der Waals surface area contributed by atoms with Gasteiger partial charge in [0.15, 0.2) is 0 Å². The van der Waals surface area contributed by atoms with E-state index in [4.69, 9.17) is 16.7 Å². The van der Waals surface area contributed by atoms with Crippen LogP contribution in [0.15, 0.2) is 30.5 Å². The quantitative estimate of drug-likeness (QED) is 0.851. The molecule has 1 aromatic heterocycles. The van der Waals surface area contributed by atoms with Crippen LogP contribution in [-0.4, -0.2) is 28.0 Å². The van der Waals surface area contributed by atoms with Crippen LogP contribution in [-0.2, 0) is 4.79 Å². The summed E-state index contributed by atoms with van der Waals surface area (Å²) >= 11 is 6.00. The topological polar surface area (TPSA) is 79.3 Å². The summed E-state index contributed by atoms with van der Waals surface area (Å²) in [6.07, 6.45) is 1.36. The number of hydrogen-bond donors (Lipinski definition) is 2. The average Bonchev–Trinajstić information content (AvgIpc) is 2.44. The Balaban J connectivity index is 2.40. The lowest BCUT2D eigenvalue weighted by atomic mass is 10.0. The minimum atomic E-state index is -1.07. The third-order valence-electron chi connectivity index (χ3n) is 3.21. The van der Waals surface area contributed by atoms with Crippen molar-refractivity contribution < 1.29 is 14.7 Å². The van der Waals surface area contributed by atoms with Gasteiger partial charge in [-0.05, 0) is 11.3 Å². The number of carboxylic acid groups (broad SMARTS) is 1. The molecule has 0 spiro atoms. The zero-order valence-electron chi connectivity index (χ0n) is 11.6. The molecule has 21 heavy (non-hydrogen) atoms. The first-order chi connectivity index (χ1) is 9.91. The van der Waals surface area contributed by atoms with E-state index in [-0.39, 0.29) is 5.92 Å². The van der Waals surface area contributed by atoms with E-state index in [2.05, 4.69) is 10.3 Å². The summed E-state index contributed by atoms with van der Waals surface area (Å²) < 4.78 is 0. The molecule has 2 rings (SSSR count). The fourth-order valence-electron chi connectivity index (χ4n) is 2.07. The summed E-state index contributed by atoms with van der Waals surface area (Å²) in [5.74, 6) is -1.76. The van der Waals surface area contributed by atoms with Crippen LogP contribution in [0.4, 0.5) is 0 Å². The third kappa shape index (κ3) is 3.13. The Hall–Kier alpha value is -2.14. The van der Waals surface area contributed by atoms with Crippen molar-refractivity contribution in [2.75, 3.05) is 0 Å². The van der Waals surface area contributed by atoms with E-state index in [0.717, 1.165) is 0 Å². The Morgan fingerprint density at radius 1 is 1.24 bits per heavy atom. The molecule has 1 atom stereocenters. The average molecular weight is 307 g/mol. The number of carbonyl (C=O) groups excluding carboxylic acids is 1. The van der Waals surface area contributed by atoms with Crippen LogP contribution >= 0.6 is 11.6 Å². The first kappa shape index (κ1) is 15.3. The highest BCUT2D eigenvalue weighted by atomic mass is 35.5. The number of nitrogens with one attached hydrogen (secondary N) is 1. The van der Waals surface area contributed by atoms with Gasteiger partial charge in [0, 0.05) is 11.6 Å². The number of pyridine rings is 1. The lowest BCUT2D eigenvalue weighted by molar-refractivity contribution is -0.140. The number of benzene rings is 1. The summed E-state index contributed by atoms with van der Waals surface area (Å²) in [5.41, 5.74) is 0.307. The zero-order chi connectivity index (χ0) is 15.6. The molecule has 1 heterocycles. The van der Waals surface area contributed by atoms with Crippen LogP contribution < -0.4 is 5.32 Å². The van der Waals surface area contributed by atoms with Crippen molar-refractivity contribution in [3.8, 4) is 0 Å². The highest BCUT2D eigenvalue weighted by molar-refractivity contribution is 6.34. The first-order valence-electron chi connectivity index (χ1n) is 6.48. The number of amides is 1. The smallest absolute Gasteiger partial charge is 0.326 e. The number of halogens is 1. The summed E-state index contributed by atoms with van der Waals surface area (Å²) in [4.78, 5) is 27.5. The predicted octanol–water partition coefficient (Wildman–Crippen LogP) is 2.73. The van der Waals surface area contributed by atoms with Gasteiger partial charge >= 0.3 is 5.97 Å². The Bertz CT molecular complexity index is 700. The standard InChI is InChI=1S/C15H15ClN2O3/c1-8(2)12(15(20)21)18-14(19)11-7-17-13(16)10-6-4-3-5-9(10)11/h3-8,12H,1-2H3,(H,18,19)(H,20,21)/t12-/m0/s1. The number of aromatic nitrogens is 1. The lowest BCUT2D eigenvalue weighted by Gasteiger charge is -2.18. The Morgan fingerprint density at radius 2 is 1.86 bits per heavy atom. The molecule has 0 aliphatic rings. The second-order valence-electron chi connectivity index (χ2n) is 5.04. The van der Waals surface area contributed by atoms with Crippen molar-refractivity contribution in [1.82, 2.24) is 10.3 Å². The number of carbonyl (C=O) groups is 2. The summed E-state index contributed by atoms with van der Waals surface area (Å²) in [6, 6.07) is 6.15. The van der Waals surface area contributed by atoms with Crippen molar-refractivity contribution in [2.24, 2.45) is 5.92 Å². The molecule has 0 unspecified atom stereocenters. The van der Waals surface area contributed by atoms with Crippen LogP contribution in [0.1, 0.15) is 24.2 Å². The van der Waals surface area contributed by atoms with Gasteiger partial charge in [-0.2, -0.15) is 0 Å². The molecule has 0 bridgehead atoms. The van der Waals surface area contributed by atoms with Crippen LogP contribution in [0.25, 0.3) is 10.8 Å². The maximum atomic E-state index is 12.3. The molecule has 0 saturated heterocycles. The fourth-order valence-corrected chi connectivity index (χ4v) is 2.29. The Morgan fingerprint density at radius 3 is 2.43 bits per heavy atom. The molecule has 2 aromatic rings. The summed E-state index contributed by atoms with van der Waals surface area (Å²) in [5, 5.41) is 13.3. The van der Waals surface area contributed by atoms with E-state index < -0.39 is 17.9 Å². The van der Waals surface area contributed by atoms with E-state index in [1.165, 1.54) is 6.20 Å². The molecule has 0 aliphatic heterocycles. The van der Waals surface area contributed by atoms with Crippen molar-refractivity contribution in [1.29, 1.82) is 0 Å². The van der Waals surface area contributed by atoms with Gasteiger partial charge in [-0.3, -0.25) is 4.79 Å². The van der Waals surface area contributed by atoms with Crippen LogP contribution in [0.2, 0.25) is 5.15 Å². The van der Waals surface area contributed by atoms with E-state index >= 15 is 0 Å². The number of aliphatic carboxylic acids is 1. The molecule has 110 valence electrons. The number of hydrogen-bond acceptors (Lipinski definition) is 3. The van der Waals surface area contributed by atoms with Gasteiger partial charge in [-0.1, -0.05) is 49.7 Å². The van der Waals surface area contributed by atoms with Crippen molar-refractivity contribution in [2.45, 2.75) is 19.9 Å². The van der Waals surface area contributed by atoms with E-state index in [9.17, 15) is 9.59 Å². The molecule has 6 heteroatoms. The number of fused-ring (bicyclic) bond motifs is 1. The molecule has 5 nitrogen and oxygen atoms in total. The molecule has 1 aromatic carbocycles. The van der Waals surface area contributed by atoms with Gasteiger partial charge in [0.1, 0.15) is 11.2 Å². The highest BCUT2D eigenvalue weighted by Crippen LogP contribution is 2.24. The van der Waals surface area contributed by atoms with Gasteiger partial charge in [0.25, 0.3) is 5.91 Å². The summed E-state index contributed by atoms with van der Waals surface area (Å²) in [7, 11) is 0. The van der Waals surface area contributed by atoms with Crippen LogP contribution in [0.5, 0.6) is 0 Å². The van der Waals surface area contributed by atoms with Gasteiger partial charge in [0.2, 0.25) is 0 Å². The largest absolute Gasteiger partial charge is 0.480 e. The molecule has 0 fully saturated rings. The maximum Gasteiger partial charge on any atom is 0.326 e. The minimum Gasteiger partial charge on any atom is -0.480 e.